The van der Waals surface area contributed by atoms with E-state index in [1.54, 1.807) is 0 Å². The minimum atomic E-state index is -0.755. The van der Waals surface area contributed by atoms with E-state index < -0.39 is 11.4 Å². The van der Waals surface area contributed by atoms with Crippen LogP contribution in [0.3, 0.4) is 0 Å². The summed E-state index contributed by atoms with van der Waals surface area (Å²) in [6.07, 6.45) is 5.93. The van der Waals surface area contributed by atoms with E-state index in [2.05, 4.69) is 0 Å². The molecule has 0 bridgehead atoms. The number of amides is 1. The zero-order valence-corrected chi connectivity index (χ0v) is 13.0. The average Bonchev–Trinajstić information content (AvgIpc) is 2.54. The van der Waals surface area contributed by atoms with Crippen LogP contribution in [-0.2, 0) is 9.59 Å². The Hall–Kier alpha value is -1.10. The van der Waals surface area contributed by atoms with E-state index in [1.165, 1.54) is 0 Å². The van der Waals surface area contributed by atoms with Crippen molar-refractivity contribution in [2.24, 2.45) is 23.0 Å². The van der Waals surface area contributed by atoms with E-state index >= 15 is 0 Å². The van der Waals surface area contributed by atoms with Gasteiger partial charge in [0.05, 0.1) is 5.41 Å². The summed E-state index contributed by atoms with van der Waals surface area (Å²) in [6.45, 7) is 3.72. The molecule has 1 amide bonds. The number of nitrogens with zero attached hydrogens (tertiary/aromatic N) is 1. The number of hydrogen-bond acceptors (Lipinski definition) is 3. The summed E-state index contributed by atoms with van der Waals surface area (Å²) >= 11 is 0. The van der Waals surface area contributed by atoms with Crippen LogP contribution in [0.1, 0.15) is 51.9 Å². The second-order valence-electron chi connectivity index (χ2n) is 6.76. The van der Waals surface area contributed by atoms with Crippen molar-refractivity contribution in [2.75, 3.05) is 19.6 Å². The maximum absolute atomic E-state index is 12.7. The SMILES string of the molecule is CCC1(C(=O)O)CCCN(C(=O)C2CCC(CN)CC2)C1. The molecule has 1 unspecified atom stereocenters. The van der Waals surface area contributed by atoms with Gasteiger partial charge in [-0.25, -0.2) is 0 Å². The van der Waals surface area contributed by atoms with Gasteiger partial charge in [0.1, 0.15) is 0 Å². The highest BCUT2D eigenvalue weighted by molar-refractivity contribution is 5.81. The minimum Gasteiger partial charge on any atom is -0.481 e. The third-order valence-electron chi connectivity index (χ3n) is 5.55. The lowest BCUT2D eigenvalue weighted by Gasteiger charge is -2.41. The molecule has 2 rings (SSSR count). The molecular weight excluding hydrogens is 268 g/mol. The molecule has 2 fully saturated rings. The Bertz CT molecular complexity index is 391. The Labute approximate surface area is 126 Å². The first kappa shape index (κ1) is 16.3. The lowest BCUT2D eigenvalue weighted by atomic mass is 9.76. The average molecular weight is 296 g/mol. The van der Waals surface area contributed by atoms with Gasteiger partial charge < -0.3 is 15.7 Å². The number of carboxylic acids is 1. The van der Waals surface area contributed by atoms with Gasteiger partial charge in [0.25, 0.3) is 0 Å². The monoisotopic (exact) mass is 296 g/mol. The molecule has 1 saturated heterocycles. The number of hydrogen-bond donors (Lipinski definition) is 2. The summed E-state index contributed by atoms with van der Waals surface area (Å²) in [5.41, 5.74) is 4.96. The zero-order valence-electron chi connectivity index (χ0n) is 13.0. The van der Waals surface area contributed by atoms with Gasteiger partial charge in [-0.2, -0.15) is 0 Å². The van der Waals surface area contributed by atoms with Crippen molar-refractivity contribution < 1.29 is 14.7 Å². The fourth-order valence-corrected chi connectivity index (χ4v) is 3.84. The molecule has 5 nitrogen and oxygen atoms in total. The van der Waals surface area contributed by atoms with Crippen LogP contribution in [0.25, 0.3) is 0 Å². The van der Waals surface area contributed by atoms with Crippen molar-refractivity contribution in [2.45, 2.75) is 51.9 Å². The molecule has 21 heavy (non-hydrogen) atoms. The topological polar surface area (TPSA) is 83.6 Å². The van der Waals surface area contributed by atoms with E-state index in [4.69, 9.17) is 5.73 Å². The van der Waals surface area contributed by atoms with Crippen LogP contribution in [-0.4, -0.2) is 41.5 Å². The quantitative estimate of drug-likeness (QED) is 0.829. The van der Waals surface area contributed by atoms with Crippen molar-refractivity contribution in [3.63, 3.8) is 0 Å². The van der Waals surface area contributed by atoms with E-state index in [9.17, 15) is 14.7 Å². The first-order valence-corrected chi connectivity index (χ1v) is 8.24. The molecule has 5 heteroatoms. The maximum atomic E-state index is 12.7. The van der Waals surface area contributed by atoms with Gasteiger partial charge in [-0.3, -0.25) is 9.59 Å². The number of piperidine rings is 1. The molecule has 0 aromatic heterocycles. The van der Waals surface area contributed by atoms with Crippen molar-refractivity contribution in [3.05, 3.63) is 0 Å². The Morgan fingerprint density at radius 1 is 1.29 bits per heavy atom. The standard InChI is InChI=1S/C16H28N2O3/c1-2-16(15(20)21)8-3-9-18(11-16)14(19)13-6-4-12(10-17)5-7-13/h12-13H,2-11,17H2,1H3,(H,20,21). The molecular formula is C16H28N2O3. The molecule has 1 saturated carbocycles. The lowest BCUT2D eigenvalue weighted by molar-refractivity contribution is -0.156. The first-order chi connectivity index (χ1) is 10.0. The van der Waals surface area contributed by atoms with Gasteiger partial charge in [-0.15, -0.1) is 0 Å². The second kappa shape index (κ2) is 6.77. The van der Waals surface area contributed by atoms with Gasteiger partial charge >= 0.3 is 5.97 Å². The summed E-state index contributed by atoms with van der Waals surface area (Å²) in [4.78, 5) is 26.1. The van der Waals surface area contributed by atoms with Gasteiger partial charge in [0.2, 0.25) is 5.91 Å². The molecule has 3 N–H and O–H groups in total. The van der Waals surface area contributed by atoms with E-state index in [-0.39, 0.29) is 11.8 Å². The van der Waals surface area contributed by atoms with Gasteiger partial charge in [-0.05, 0) is 57.4 Å². The fraction of sp³-hybridized carbons (Fsp3) is 0.875. The van der Waals surface area contributed by atoms with Crippen molar-refractivity contribution in [1.29, 1.82) is 0 Å². The van der Waals surface area contributed by atoms with Gasteiger partial charge in [-0.1, -0.05) is 6.92 Å². The summed E-state index contributed by atoms with van der Waals surface area (Å²) < 4.78 is 0. The third-order valence-corrected chi connectivity index (χ3v) is 5.55. The van der Waals surface area contributed by atoms with Crippen LogP contribution in [0.2, 0.25) is 0 Å². The summed E-state index contributed by atoms with van der Waals surface area (Å²) in [5.74, 6) is 0.0528. The number of carbonyl (C=O) groups is 2. The Balaban J connectivity index is 1.98. The molecule has 1 aliphatic carbocycles. The summed E-state index contributed by atoms with van der Waals surface area (Å²) in [6, 6.07) is 0. The highest BCUT2D eigenvalue weighted by Crippen LogP contribution is 2.36. The predicted octanol–water partition coefficient (Wildman–Crippen LogP) is 1.85. The Kier molecular flexibility index (Phi) is 5.25. The number of rotatable bonds is 4. The molecule has 0 aromatic carbocycles. The number of carboxylic acid groups (broad SMARTS) is 1. The van der Waals surface area contributed by atoms with Crippen LogP contribution in [0.5, 0.6) is 0 Å². The molecule has 1 aliphatic heterocycles. The van der Waals surface area contributed by atoms with Crippen LogP contribution in [0.15, 0.2) is 0 Å². The minimum absolute atomic E-state index is 0.0780. The highest BCUT2D eigenvalue weighted by Gasteiger charge is 2.43. The number of likely N-dealkylation sites (tertiary alicyclic amines) is 1. The van der Waals surface area contributed by atoms with Gasteiger partial charge in [0.15, 0.2) is 0 Å². The van der Waals surface area contributed by atoms with Crippen LogP contribution < -0.4 is 5.73 Å². The van der Waals surface area contributed by atoms with E-state index in [1.807, 2.05) is 11.8 Å². The maximum Gasteiger partial charge on any atom is 0.311 e. The van der Waals surface area contributed by atoms with Crippen LogP contribution >= 0.6 is 0 Å². The van der Waals surface area contributed by atoms with Crippen LogP contribution in [0.4, 0.5) is 0 Å². The lowest BCUT2D eigenvalue weighted by Crippen LogP contribution is -2.51. The van der Waals surface area contributed by atoms with E-state index in [0.29, 0.717) is 38.4 Å². The molecule has 1 atom stereocenters. The molecule has 0 radical (unpaired) electrons. The molecule has 2 aliphatic rings. The zero-order chi connectivity index (χ0) is 15.5. The largest absolute Gasteiger partial charge is 0.481 e. The third kappa shape index (κ3) is 3.39. The normalized spacial score (nSPS) is 33.7. The molecule has 0 aromatic rings. The van der Waals surface area contributed by atoms with Crippen LogP contribution in [0, 0.1) is 17.3 Å². The summed E-state index contributed by atoms with van der Waals surface area (Å²) in [7, 11) is 0. The Morgan fingerprint density at radius 3 is 2.48 bits per heavy atom. The molecule has 0 spiro atoms. The second-order valence-corrected chi connectivity index (χ2v) is 6.76. The Morgan fingerprint density at radius 2 is 1.95 bits per heavy atom. The van der Waals surface area contributed by atoms with Crippen molar-refractivity contribution in [3.8, 4) is 0 Å². The summed E-state index contributed by atoms with van der Waals surface area (Å²) in [5, 5.41) is 9.51. The number of aliphatic carboxylic acids is 1. The van der Waals surface area contributed by atoms with E-state index in [0.717, 1.165) is 32.1 Å². The predicted molar refractivity (Wildman–Crippen MR) is 80.7 cm³/mol. The smallest absolute Gasteiger partial charge is 0.311 e. The van der Waals surface area contributed by atoms with Gasteiger partial charge in [0, 0.05) is 19.0 Å². The number of carbonyl (C=O) groups excluding carboxylic acids is 1. The number of nitrogens with two attached hydrogens (primary N) is 1. The van der Waals surface area contributed by atoms with Crippen molar-refractivity contribution in [1.82, 2.24) is 4.90 Å². The molecule has 120 valence electrons. The fourth-order valence-electron chi connectivity index (χ4n) is 3.84. The first-order valence-electron chi connectivity index (χ1n) is 8.24. The highest BCUT2D eigenvalue weighted by atomic mass is 16.4. The van der Waals surface area contributed by atoms with Crippen molar-refractivity contribution >= 4 is 11.9 Å². The molecule has 1 heterocycles.